The molecule has 0 unspecified atom stereocenters. The Balaban J connectivity index is 1.33. The second-order valence-electron chi connectivity index (χ2n) is 9.73. The number of alkyl halides is 2. The second kappa shape index (κ2) is 12.4. The summed E-state index contributed by atoms with van der Waals surface area (Å²) in [5, 5.41) is 0.437. The molecule has 1 nitrogen and oxygen atoms in total. The molecule has 1 saturated heterocycles. The van der Waals surface area contributed by atoms with Crippen molar-refractivity contribution < 1.29 is 13.5 Å². The highest BCUT2D eigenvalue weighted by Crippen LogP contribution is 2.42. The number of hydrogen-bond donors (Lipinski definition) is 0. The average molecular weight is 457 g/mol. The number of halogens is 3. The molecule has 1 heterocycles. The number of ether oxygens (including phenoxy) is 1. The predicted octanol–water partition coefficient (Wildman–Crippen LogP) is 8.51. The van der Waals surface area contributed by atoms with Gasteiger partial charge < -0.3 is 4.74 Å². The quantitative estimate of drug-likeness (QED) is 0.253. The maximum Gasteiger partial charge on any atom is 0.387 e. The van der Waals surface area contributed by atoms with Gasteiger partial charge in [0.25, 0.3) is 0 Å². The minimum atomic E-state index is -2.80. The zero-order valence-electron chi connectivity index (χ0n) is 18.6. The lowest BCUT2D eigenvalue weighted by Crippen LogP contribution is -2.28. The Morgan fingerprint density at radius 2 is 1.73 bits per heavy atom. The topological polar surface area (TPSA) is 9.23 Å². The van der Waals surface area contributed by atoms with Crippen LogP contribution < -0.4 is 4.74 Å². The fourth-order valence-corrected chi connectivity index (χ4v) is 9.64. The third kappa shape index (κ3) is 7.51. The molecule has 0 N–H and O–H groups in total. The van der Waals surface area contributed by atoms with E-state index in [1.54, 1.807) is 24.2 Å². The number of benzene rings is 1. The first-order valence-electron chi connectivity index (χ1n) is 12.3. The van der Waals surface area contributed by atoms with Crippen LogP contribution in [0.5, 0.6) is 5.75 Å². The van der Waals surface area contributed by atoms with Gasteiger partial charge in [0, 0.05) is 13.8 Å². The molecule has 0 radical (unpaired) electrons. The van der Waals surface area contributed by atoms with Crippen molar-refractivity contribution >= 4 is 20.4 Å². The van der Waals surface area contributed by atoms with Gasteiger partial charge >= 0.3 is 6.61 Å². The minimum Gasteiger partial charge on any atom is -0.434 e. The summed E-state index contributed by atoms with van der Waals surface area (Å²) >= 11 is 5.93. The van der Waals surface area contributed by atoms with Gasteiger partial charge in [0.2, 0.25) is 0 Å². The van der Waals surface area contributed by atoms with E-state index in [4.69, 9.17) is 11.6 Å². The lowest BCUT2D eigenvalue weighted by Gasteiger charge is -2.37. The van der Waals surface area contributed by atoms with E-state index in [1.807, 2.05) is 6.07 Å². The van der Waals surface area contributed by atoms with Gasteiger partial charge in [-0.25, -0.2) is 0 Å². The van der Waals surface area contributed by atoms with Crippen molar-refractivity contribution in [2.75, 3.05) is 0 Å². The molecule has 0 bridgehead atoms. The molecule has 0 aromatic heterocycles. The van der Waals surface area contributed by atoms with E-state index in [2.05, 4.69) is 11.7 Å². The molecule has 3 rings (SSSR count). The van der Waals surface area contributed by atoms with E-state index in [9.17, 15) is 8.78 Å². The summed E-state index contributed by atoms with van der Waals surface area (Å²) in [7, 11) is -0.350. The highest BCUT2D eigenvalue weighted by Gasteiger charge is 2.30. The van der Waals surface area contributed by atoms with Crippen molar-refractivity contribution in [3.05, 3.63) is 28.8 Å². The molecular weight excluding hydrogens is 418 g/mol. The van der Waals surface area contributed by atoms with Crippen LogP contribution in [0.1, 0.15) is 76.7 Å². The first-order chi connectivity index (χ1) is 14.5. The molecule has 1 aromatic carbocycles. The molecule has 2 fully saturated rings. The van der Waals surface area contributed by atoms with Crippen LogP contribution in [0, 0.1) is 17.8 Å². The Bertz CT molecular complexity index is 626. The van der Waals surface area contributed by atoms with Crippen LogP contribution >= 0.6 is 11.6 Å². The third-order valence-electron chi connectivity index (χ3n) is 7.70. The van der Waals surface area contributed by atoms with Crippen LogP contribution in [0.3, 0.4) is 0 Å². The SMILES string of the molecule is CCC[SiH]1CCC([C@H]2CC[C@H](CCCCc3ccc(Cl)cc3OC(F)F)CC2)CC1. The van der Waals surface area contributed by atoms with Crippen LogP contribution in [0.25, 0.3) is 0 Å². The second-order valence-corrected chi connectivity index (χ2v) is 13.6. The largest absolute Gasteiger partial charge is 0.434 e. The molecule has 2 aliphatic rings. The molecule has 0 spiro atoms. The molecule has 1 saturated carbocycles. The van der Waals surface area contributed by atoms with Crippen molar-refractivity contribution in [3.8, 4) is 5.75 Å². The van der Waals surface area contributed by atoms with Gasteiger partial charge in [0.1, 0.15) is 5.75 Å². The van der Waals surface area contributed by atoms with Crippen LogP contribution in [-0.2, 0) is 6.42 Å². The molecular formula is C25H39ClF2OSi. The minimum absolute atomic E-state index is 0.231. The highest BCUT2D eigenvalue weighted by atomic mass is 35.5. The van der Waals surface area contributed by atoms with Crippen molar-refractivity contribution in [1.29, 1.82) is 0 Å². The van der Waals surface area contributed by atoms with Gasteiger partial charge in [-0.1, -0.05) is 87.7 Å². The smallest absolute Gasteiger partial charge is 0.387 e. The predicted molar refractivity (Wildman–Crippen MR) is 126 cm³/mol. The van der Waals surface area contributed by atoms with Crippen molar-refractivity contribution in [3.63, 3.8) is 0 Å². The molecule has 170 valence electrons. The van der Waals surface area contributed by atoms with Crippen LogP contribution in [0.15, 0.2) is 18.2 Å². The number of hydrogen-bond acceptors (Lipinski definition) is 1. The Morgan fingerprint density at radius 3 is 2.40 bits per heavy atom. The lowest BCUT2D eigenvalue weighted by molar-refractivity contribution is -0.0504. The Kier molecular flexibility index (Phi) is 9.96. The fraction of sp³-hybridized carbons (Fsp3) is 0.760. The van der Waals surface area contributed by atoms with E-state index in [0.717, 1.165) is 36.2 Å². The van der Waals surface area contributed by atoms with E-state index in [-0.39, 0.29) is 14.5 Å². The Labute approximate surface area is 188 Å². The molecule has 1 aromatic rings. The van der Waals surface area contributed by atoms with E-state index >= 15 is 0 Å². The molecule has 0 amide bonds. The molecule has 30 heavy (non-hydrogen) atoms. The maximum atomic E-state index is 12.6. The van der Waals surface area contributed by atoms with Gasteiger partial charge in [-0.15, -0.1) is 0 Å². The van der Waals surface area contributed by atoms with Gasteiger partial charge in [-0.2, -0.15) is 8.78 Å². The summed E-state index contributed by atoms with van der Waals surface area (Å²) in [6.45, 7) is -0.451. The Morgan fingerprint density at radius 1 is 1.03 bits per heavy atom. The molecule has 0 atom stereocenters. The molecule has 1 aliphatic heterocycles. The summed E-state index contributed by atoms with van der Waals surface area (Å²) in [4.78, 5) is 0. The zero-order chi connectivity index (χ0) is 21.3. The van der Waals surface area contributed by atoms with Gasteiger partial charge in [-0.05, 0) is 61.1 Å². The van der Waals surface area contributed by atoms with Crippen LogP contribution in [-0.4, -0.2) is 15.4 Å². The number of aryl methyl sites for hydroxylation is 1. The third-order valence-corrected chi connectivity index (χ3v) is 11.6. The lowest BCUT2D eigenvalue weighted by atomic mass is 9.73. The summed E-state index contributed by atoms with van der Waals surface area (Å²) < 4.78 is 29.9. The average Bonchev–Trinajstić information content (AvgIpc) is 2.73. The highest BCUT2D eigenvalue weighted by molar-refractivity contribution is 6.58. The zero-order valence-corrected chi connectivity index (χ0v) is 20.5. The number of rotatable bonds is 10. The van der Waals surface area contributed by atoms with Crippen molar-refractivity contribution in [1.82, 2.24) is 0 Å². The summed E-state index contributed by atoms with van der Waals surface area (Å²) in [5.41, 5.74) is 0.839. The van der Waals surface area contributed by atoms with E-state index in [1.165, 1.54) is 63.9 Å². The van der Waals surface area contributed by atoms with Gasteiger partial charge in [0.05, 0.1) is 0 Å². The maximum absolute atomic E-state index is 12.6. The number of unbranched alkanes of at least 4 members (excludes halogenated alkanes) is 1. The first-order valence-corrected chi connectivity index (χ1v) is 15.1. The van der Waals surface area contributed by atoms with Crippen LogP contribution in [0.4, 0.5) is 8.78 Å². The fourth-order valence-electron chi connectivity index (χ4n) is 5.99. The molecule has 1 aliphatic carbocycles. The van der Waals surface area contributed by atoms with Crippen LogP contribution in [0.2, 0.25) is 23.2 Å². The normalized spacial score (nSPS) is 27.4. The summed E-state index contributed by atoms with van der Waals surface area (Å²) in [6, 6.07) is 9.88. The van der Waals surface area contributed by atoms with Gasteiger partial charge in [-0.3, -0.25) is 0 Å². The summed E-state index contributed by atoms with van der Waals surface area (Å²) in [6.07, 6.45) is 14.4. The van der Waals surface area contributed by atoms with Gasteiger partial charge in [0.15, 0.2) is 0 Å². The Hall–Kier alpha value is -0.613. The van der Waals surface area contributed by atoms with Crippen molar-refractivity contribution in [2.24, 2.45) is 17.8 Å². The molecule has 5 heteroatoms. The first kappa shape index (κ1) is 24.0. The van der Waals surface area contributed by atoms with E-state index < -0.39 is 6.61 Å². The monoisotopic (exact) mass is 456 g/mol. The van der Waals surface area contributed by atoms with E-state index in [0.29, 0.717) is 5.02 Å². The summed E-state index contributed by atoms with van der Waals surface area (Å²) in [5.74, 6) is 3.13. The van der Waals surface area contributed by atoms with Crippen molar-refractivity contribution in [2.45, 2.75) is 102 Å². The standard InChI is InChI=1S/C25H39ClF2OSi/c1-2-15-30-16-13-21(14-17-30)20-9-7-19(8-10-20)5-3-4-6-22-11-12-23(26)18-24(22)29-25(27)28/h11-12,18-21,25,30H,2-10,13-17H2,1H3/t19-,20-,21?,30?.